The molecule has 0 aromatic heterocycles. The quantitative estimate of drug-likeness (QED) is 0.287. The maximum atomic E-state index is 13.2. The van der Waals surface area contributed by atoms with Crippen molar-refractivity contribution in [3.05, 3.63) is 27.7 Å². The molecule has 1 rings (SSSR count). The molecule has 27 heavy (non-hydrogen) atoms. The average molecular weight is 473 g/mol. The largest absolute Gasteiger partial charge is 0.530 e. The highest BCUT2D eigenvalue weighted by Gasteiger charge is 2.32. The van der Waals surface area contributed by atoms with E-state index in [4.69, 9.17) is 36.8 Å². The van der Waals surface area contributed by atoms with Gasteiger partial charge >= 0.3 is 7.82 Å². The van der Waals surface area contributed by atoms with E-state index in [-0.39, 0.29) is 34.6 Å². The van der Waals surface area contributed by atoms with E-state index in [0.717, 1.165) is 12.1 Å². The Bertz CT molecular complexity index is 651. The van der Waals surface area contributed by atoms with Crippen LogP contribution in [-0.4, -0.2) is 34.5 Å². The number of aliphatic hydroxyl groups excluding tert-OH is 1. The molecule has 5 nitrogen and oxygen atoms in total. The van der Waals surface area contributed by atoms with E-state index in [0.29, 0.717) is 0 Å². The standard InChI is InChI=1S/C17H31Cl2O5PSi2/c1-26(2,3)11-9-22-25(21,23-10-12-27(4,5)6)24-16-8-7-15(18)17(19)14(16)13-20/h7-8,20H,9-13H2,1-6H3. The molecule has 0 fully saturated rings. The van der Waals surface area contributed by atoms with Gasteiger partial charge in [-0.25, -0.2) is 4.57 Å². The van der Waals surface area contributed by atoms with Crippen LogP contribution in [0.2, 0.25) is 61.4 Å². The van der Waals surface area contributed by atoms with Gasteiger partial charge in [-0.1, -0.05) is 62.5 Å². The van der Waals surface area contributed by atoms with Crippen LogP contribution < -0.4 is 4.52 Å². The highest BCUT2D eigenvalue weighted by Crippen LogP contribution is 2.52. The minimum atomic E-state index is -3.86. The zero-order chi connectivity index (χ0) is 20.9. The molecule has 0 aliphatic rings. The lowest BCUT2D eigenvalue weighted by atomic mass is 10.2. The van der Waals surface area contributed by atoms with Crippen molar-refractivity contribution in [3.8, 4) is 5.75 Å². The summed E-state index contributed by atoms with van der Waals surface area (Å²) in [4.78, 5) is 0. The molecule has 1 aromatic carbocycles. The summed E-state index contributed by atoms with van der Waals surface area (Å²) in [5.41, 5.74) is 0.256. The first-order valence-corrected chi connectivity index (χ1v) is 18.6. The highest BCUT2D eigenvalue weighted by molar-refractivity contribution is 7.49. The van der Waals surface area contributed by atoms with Gasteiger partial charge in [0.15, 0.2) is 0 Å². The van der Waals surface area contributed by atoms with Gasteiger partial charge in [-0.05, 0) is 24.2 Å². The van der Waals surface area contributed by atoms with Crippen LogP contribution in [0.3, 0.4) is 0 Å². The van der Waals surface area contributed by atoms with E-state index in [1.165, 1.54) is 12.1 Å². The van der Waals surface area contributed by atoms with Crippen LogP contribution in [0.1, 0.15) is 5.56 Å². The normalized spacial score (nSPS) is 13.1. The predicted molar refractivity (Wildman–Crippen MR) is 119 cm³/mol. The molecule has 1 N–H and O–H groups in total. The Morgan fingerprint density at radius 2 is 1.44 bits per heavy atom. The van der Waals surface area contributed by atoms with E-state index in [9.17, 15) is 9.67 Å². The van der Waals surface area contributed by atoms with E-state index in [1.54, 1.807) is 0 Å². The number of aliphatic hydroxyl groups is 1. The molecule has 0 radical (unpaired) electrons. The molecule has 0 saturated carbocycles. The van der Waals surface area contributed by atoms with Crippen molar-refractivity contribution < 1.29 is 23.2 Å². The predicted octanol–water partition coefficient (Wildman–Crippen LogP) is 6.68. The van der Waals surface area contributed by atoms with Crippen LogP contribution in [0, 0.1) is 0 Å². The monoisotopic (exact) mass is 472 g/mol. The van der Waals surface area contributed by atoms with Crippen LogP contribution in [0.4, 0.5) is 0 Å². The Morgan fingerprint density at radius 3 is 1.85 bits per heavy atom. The van der Waals surface area contributed by atoms with Crippen LogP contribution in [0.5, 0.6) is 5.75 Å². The van der Waals surface area contributed by atoms with Gasteiger partial charge in [0, 0.05) is 21.7 Å². The summed E-state index contributed by atoms with van der Waals surface area (Å²) in [6.07, 6.45) is 0. The molecule has 0 aliphatic heterocycles. The van der Waals surface area contributed by atoms with Crippen LogP contribution >= 0.6 is 31.0 Å². The summed E-state index contributed by atoms with van der Waals surface area (Å²) in [5, 5.41) is 10.0. The number of rotatable bonds is 11. The van der Waals surface area contributed by atoms with Gasteiger partial charge in [0.05, 0.1) is 29.9 Å². The maximum absolute atomic E-state index is 13.2. The molecule has 0 saturated heterocycles. The molecule has 0 bridgehead atoms. The number of hydrogen-bond acceptors (Lipinski definition) is 5. The van der Waals surface area contributed by atoms with Crippen LogP contribution in [0.25, 0.3) is 0 Å². The number of phosphoric ester groups is 1. The third kappa shape index (κ3) is 9.46. The molecule has 0 atom stereocenters. The Labute approximate surface area is 174 Å². The lowest BCUT2D eigenvalue weighted by molar-refractivity contribution is 0.165. The first-order chi connectivity index (χ1) is 12.3. The Kier molecular flexibility index (Phi) is 9.57. The highest BCUT2D eigenvalue weighted by atomic mass is 35.5. The minimum Gasteiger partial charge on any atom is -0.404 e. The SMILES string of the molecule is C[Si](C)(C)CCOP(=O)(OCC[Si](C)(C)C)Oc1ccc(Cl)c(Cl)c1CO. The van der Waals surface area contributed by atoms with Crippen molar-refractivity contribution in [2.75, 3.05) is 13.2 Å². The zero-order valence-electron chi connectivity index (χ0n) is 17.0. The molecule has 10 heteroatoms. The molecule has 0 aliphatic carbocycles. The Hall–Kier alpha value is 0.144. The van der Waals surface area contributed by atoms with Crippen molar-refractivity contribution in [2.45, 2.75) is 58.0 Å². The van der Waals surface area contributed by atoms with E-state index < -0.39 is 30.6 Å². The fraction of sp³-hybridized carbons (Fsp3) is 0.647. The molecule has 0 amide bonds. The van der Waals surface area contributed by atoms with E-state index in [2.05, 4.69) is 39.3 Å². The van der Waals surface area contributed by atoms with Gasteiger partial charge in [-0.15, -0.1) is 0 Å². The average Bonchev–Trinajstić information content (AvgIpc) is 2.48. The van der Waals surface area contributed by atoms with Gasteiger partial charge in [0.1, 0.15) is 5.75 Å². The minimum absolute atomic E-state index is 0.149. The summed E-state index contributed by atoms with van der Waals surface area (Å²) in [6.45, 7) is 13.4. The van der Waals surface area contributed by atoms with Gasteiger partial charge in [-0.3, -0.25) is 9.05 Å². The summed E-state index contributed by atoms with van der Waals surface area (Å²) >= 11 is 12.1. The fourth-order valence-electron chi connectivity index (χ4n) is 1.95. The molecular weight excluding hydrogens is 442 g/mol. The van der Waals surface area contributed by atoms with Gasteiger partial charge < -0.3 is 9.63 Å². The molecule has 0 heterocycles. The van der Waals surface area contributed by atoms with Crippen LogP contribution in [-0.2, 0) is 20.2 Å². The number of hydrogen-bond donors (Lipinski definition) is 1. The second-order valence-electron chi connectivity index (χ2n) is 8.82. The van der Waals surface area contributed by atoms with Crippen molar-refractivity contribution >= 4 is 47.2 Å². The maximum Gasteiger partial charge on any atom is 0.530 e. The first-order valence-electron chi connectivity index (χ1n) is 8.93. The lowest BCUT2D eigenvalue weighted by Crippen LogP contribution is -2.23. The number of phosphoric acid groups is 1. The molecule has 0 spiro atoms. The van der Waals surface area contributed by atoms with E-state index >= 15 is 0 Å². The van der Waals surface area contributed by atoms with Crippen molar-refractivity contribution in [1.29, 1.82) is 0 Å². The summed E-state index contributed by atoms with van der Waals surface area (Å²) < 4.78 is 30.0. The number of halogens is 2. The molecular formula is C17H31Cl2O5PSi2. The zero-order valence-corrected chi connectivity index (χ0v) is 21.4. The van der Waals surface area contributed by atoms with Crippen molar-refractivity contribution in [1.82, 2.24) is 0 Å². The second kappa shape index (κ2) is 10.3. The topological polar surface area (TPSA) is 65.0 Å². The van der Waals surface area contributed by atoms with Gasteiger partial charge in [0.25, 0.3) is 0 Å². The van der Waals surface area contributed by atoms with Gasteiger partial charge in [0.2, 0.25) is 0 Å². The van der Waals surface area contributed by atoms with Gasteiger partial charge in [-0.2, -0.15) is 0 Å². The molecule has 0 unspecified atom stereocenters. The lowest BCUT2D eigenvalue weighted by Gasteiger charge is -2.23. The molecule has 1 aromatic rings. The second-order valence-corrected chi connectivity index (χ2v) is 22.4. The van der Waals surface area contributed by atoms with Crippen molar-refractivity contribution in [3.63, 3.8) is 0 Å². The third-order valence-electron chi connectivity index (χ3n) is 3.72. The van der Waals surface area contributed by atoms with Crippen molar-refractivity contribution in [2.24, 2.45) is 0 Å². The Balaban J connectivity index is 2.99. The Morgan fingerprint density at radius 1 is 0.963 bits per heavy atom. The summed E-state index contributed by atoms with van der Waals surface area (Å²) in [6, 6.07) is 4.68. The smallest absolute Gasteiger partial charge is 0.404 e. The summed E-state index contributed by atoms with van der Waals surface area (Å²) in [5.74, 6) is 0.149. The fourth-order valence-corrected chi connectivity index (χ4v) is 5.33. The number of benzene rings is 1. The first kappa shape index (κ1) is 25.2. The van der Waals surface area contributed by atoms with Crippen LogP contribution in [0.15, 0.2) is 12.1 Å². The third-order valence-corrected chi connectivity index (χ3v) is 9.39. The summed E-state index contributed by atoms with van der Waals surface area (Å²) in [7, 11) is -6.60. The molecule has 156 valence electrons. The van der Waals surface area contributed by atoms with E-state index in [1.807, 2.05) is 0 Å².